The van der Waals surface area contributed by atoms with Crippen molar-refractivity contribution in [2.45, 2.75) is 6.92 Å². The van der Waals surface area contributed by atoms with Crippen molar-refractivity contribution in [1.29, 1.82) is 0 Å². The van der Waals surface area contributed by atoms with Crippen LogP contribution in [0.4, 0.5) is 5.69 Å². The van der Waals surface area contributed by atoms with Crippen LogP contribution in [0.5, 0.6) is 5.88 Å². The molecule has 140 valence electrons. The Balaban J connectivity index is 1.56. The fourth-order valence-corrected chi connectivity index (χ4v) is 3.39. The predicted octanol–water partition coefficient (Wildman–Crippen LogP) is 4.43. The third-order valence-electron chi connectivity index (χ3n) is 4.02. The molecule has 0 unspecified atom stereocenters. The first-order chi connectivity index (χ1) is 13.6. The van der Waals surface area contributed by atoms with Gasteiger partial charge < -0.3 is 14.6 Å². The van der Waals surface area contributed by atoms with Gasteiger partial charge in [-0.25, -0.2) is 4.98 Å². The van der Waals surface area contributed by atoms with E-state index < -0.39 is 0 Å². The molecule has 3 heterocycles. The number of nitrogens with one attached hydrogen (secondary N) is 1. The summed E-state index contributed by atoms with van der Waals surface area (Å²) < 4.78 is 10.4. The zero-order chi connectivity index (χ0) is 19.5. The van der Waals surface area contributed by atoms with E-state index in [0.29, 0.717) is 33.7 Å². The third-order valence-corrected chi connectivity index (χ3v) is 4.92. The number of amides is 1. The molecule has 1 aromatic carbocycles. The topological polar surface area (TPSA) is 90.1 Å². The summed E-state index contributed by atoms with van der Waals surface area (Å²) in [6.45, 7) is 2.01. The van der Waals surface area contributed by atoms with Crippen molar-refractivity contribution < 1.29 is 14.1 Å². The summed E-state index contributed by atoms with van der Waals surface area (Å²) in [4.78, 5) is 21.7. The maximum Gasteiger partial charge on any atom is 0.270 e. The van der Waals surface area contributed by atoms with E-state index in [1.54, 1.807) is 18.2 Å². The third kappa shape index (κ3) is 3.63. The van der Waals surface area contributed by atoms with Crippen LogP contribution < -0.4 is 10.1 Å². The highest BCUT2D eigenvalue weighted by Crippen LogP contribution is 2.34. The van der Waals surface area contributed by atoms with E-state index in [0.717, 1.165) is 11.1 Å². The zero-order valence-corrected chi connectivity index (χ0v) is 16.0. The van der Waals surface area contributed by atoms with Crippen molar-refractivity contribution in [3.8, 4) is 28.0 Å². The number of benzene rings is 1. The first-order valence-electron chi connectivity index (χ1n) is 8.44. The summed E-state index contributed by atoms with van der Waals surface area (Å²) >= 11 is 1.41. The second-order valence-corrected chi connectivity index (χ2v) is 6.92. The molecule has 0 aliphatic carbocycles. The van der Waals surface area contributed by atoms with Crippen LogP contribution in [-0.2, 0) is 0 Å². The van der Waals surface area contributed by atoms with Gasteiger partial charge in [-0.15, -0.1) is 11.3 Å². The average molecular weight is 392 g/mol. The lowest BCUT2D eigenvalue weighted by molar-refractivity contribution is 0.102. The Bertz CT molecular complexity index is 1120. The van der Waals surface area contributed by atoms with Crippen molar-refractivity contribution in [3.63, 3.8) is 0 Å². The molecule has 0 bridgehead atoms. The van der Waals surface area contributed by atoms with Crippen LogP contribution in [0.2, 0.25) is 0 Å². The molecule has 4 aromatic rings. The summed E-state index contributed by atoms with van der Waals surface area (Å²) in [5.41, 5.74) is 3.01. The van der Waals surface area contributed by atoms with E-state index in [9.17, 15) is 4.79 Å². The molecule has 0 radical (unpaired) electrons. The number of hydrogen-bond acceptors (Lipinski definition) is 7. The molecule has 0 aliphatic rings. The minimum Gasteiger partial charge on any atom is -0.481 e. The van der Waals surface area contributed by atoms with E-state index in [2.05, 4.69) is 20.4 Å². The number of pyridine rings is 1. The van der Waals surface area contributed by atoms with Gasteiger partial charge in [0.2, 0.25) is 11.7 Å². The van der Waals surface area contributed by atoms with Gasteiger partial charge in [0.1, 0.15) is 4.88 Å². The standard InChI is InChI=1S/C20H16N4O3S/c1-12-4-3-5-13(10-12)18-23-20(27-24-18)17-15(8-9-28-17)22-19(25)14-6-7-16(26-2)21-11-14/h3-11H,1-2H3,(H,22,25). The van der Waals surface area contributed by atoms with Gasteiger partial charge in [-0.05, 0) is 30.5 Å². The van der Waals surface area contributed by atoms with Crippen LogP contribution >= 0.6 is 11.3 Å². The van der Waals surface area contributed by atoms with E-state index in [1.807, 2.05) is 36.6 Å². The van der Waals surface area contributed by atoms with E-state index in [-0.39, 0.29) is 5.91 Å². The van der Waals surface area contributed by atoms with Crippen molar-refractivity contribution in [1.82, 2.24) is 15.1 Å². The molecule has 8 heteroatoms. The molecule has 0 aliphatic heterocycles. The Morgan fingerprint density at radius 3 is 2.86 bits per heavy atom. The maximum absolute atomic E-state index is 12.5. The molecule has 0 atom stereocenters. The lowest BCUT2D eigenvalue weighted by Gasteiger charge is -2.05. The lowest BCUT2D eigenvalue weighted by Crippen LogP contribution is -2.12. The van der Waals surface area contributed by atoms with Crippen molar-refractivity contribution in [2.75, 3.05) is 12.4 Å². The van der Waals surface area contributed by atoms with Gasteiger partial charge in [-0.1, -0.05) is 28.9 Å². The molecular weight excluding hydrogens is 376 g/mol. The number of aryl methyl sites for hydroxylation is 1. The fourth-order valence-electron chi connectivity index (χ4n) is 2.62. The van der Waals surface area contributed by atoms with E-state index in [1.165, 1.54) is 24.6 Å². The van der Waals surface area contributed by atoms with Crippen LogP contribution in [0.1, 0.15) is 15.9 Å². The number of rotatable bonds is 5. The molecule has 0 saturated heterocycles. The van der Waals surface area contributed by atoms with Gasteiger partial charge in [0, 0.05) is 17.8 Å². The predicted molar refractivity (Wildman–Crippen MR) is 107 cm³/mol. The first kappa shape index (κ1) is 17.9. The molecule has 4 rings (SSSR count). The molecule has 28 heavy (non-hydrogen) atoms. The molecule has 0 fully saturated rings. The number of thiophene rings is 1. The molecule has 1 amide bonds. The Kier molecular flexibility index (Phi) is 4.86. The van der Waals surface area contributed by atoms with Crippen LogP contribution in [0, 0.1) is 6.92 Å². The number of nitrogens with zero attached hydrogens (tertiary/aromatic N) is 3. The van der Waals surface area contributed by atoms with Crippen molar-refractivity contribution in [3.05, 3.63) is 65.2 Å². The normalized spacial score (nSPS) is 10.6. The van der Waals surface area contributed by atoms with Crippen LogP contribution in [0.3, 0.4) is 0 Å². The van der Waals surface area contributed by atoms with Crippen molar-refractivity contribution in [2.24, 2.45) is 0 Å². The Hall–Kier alpha value is -3.52. The number of carbonyl (C=O) groups is 1. The summed E-state index contributed by atoms with van der Waals surface area (Å²) in [7, 11) is 1.52. The van der Waals surface area contributed by atoms with Gasteiger partial charge >= 0.3 is 0 Å². The second-order valence-electron chi connectivity index (χ2n) is 6.00. The highest BCUT2D eigenvalue weighted by Gasteiger charge is 2.18. The van der Waals surface area contributed by atoms with Crippen LogP contribution in [-0.4, -0.2) is 28.1 Å². The molecule has 0 spiro atoms. The van der Waals surface area contributed by atoms with Gasteiger partial charge in [0.15, 0.2) is 0 Å². The van der Waals surface area contributed by atoms with E-state index >= 15 is 0 Å². The highest BCUT2D eigenvalue weighted by molar-refractivity contribution is 7.14. The van der Waals surface area contributed by atoms with Gasteiger partial charge in [0.25, 0.3) is 11.8 Å². The Morgan fingerprint density at radius 2 is 2.11 bits per heavy atom. The monoisotopic (exact) mass is 392 g/mol. The Morgan fingerprint density at radius 1 is 1.21 bits per heavy atom. The molecule has 3 aromatic heterocycles. The zero-order valence-electron chi connectivity index (χ0n) is 15.2. The number of ether oxygens (including phenoxy) is 1. The SMILES string of the molecule is COc1ccc(C(=O)Nc2ccsc2-c2nc(-c3cccc(C)c3)no2)cn1. The summed E-state index contributed by atoms with van der Waals surface area (Å²) in [6, 6.07) is 12.9. The minimum absolute atomic E-state index is 0.284. The smallest absolute Gasteiger partial charge is 0.270 e. The fraction of sp³-hybridized carbons (Fsp3) is 0.100. The number of carbonyl (C=O) groups excluding carboxylic acids is 1. The van der Waals surface area contributed by atoms with Gasteiger partial charge in [0.05, 0.1) is 18.4 Å². The summed E-state index contributed by atoms with van der Waals surface area (Å²) in [5, 5.41) is 8.78. The summed E-state index contributed by atoms with van der Waals surface area (Å²) in [5.74, 6) is 1.02. The molecule has 0 saturated carbocycles. The number of methoxy groups -OCH3 is 1. The van der Waals surface area contributed by atoms with Crippen molar-refractivity contribution >= 4 is 22.9 Å². The minimum atomic E-state index is -0.284. The highest BCUT2D eigenvalue weighted by atomic mass is 32.1. The largest absolute Gasteiger partial charge is 0.481 e. The second kappa shape index (κ2) is 7.61. The first-order valence-corrected chi connectivity index (χ1v) is 9.32. The molecular formula is C20H16N4O3S. The maximum atomic E-state index is 12.5. The van der Waals surface area contributed by atoms with Crippen LogP contribution in [0.15, 0.2) is 58.6 Å². The molecule has 1 N–H and O–H groups in total. The van der Waals surface area contributed by atoms with Gasteiger partial charge in [-0.2, -0.15) is 4.98 Å². The van der Waals surface area contributed by atoms with E-state index in [4.69, 9.17) is 9.26 Å². The quantitative estimate of drug-likeness (QED) is 0.540. The number of anilines is 1. The average Bonchev–Trinajstić information content (AvgIpc) is 3.37. The number of aromatic nitrogens is 3. The number of hydrogen-bond donors (Lipinski definition) is 1. The Labute approximate surface area is 165 Å². The summed E-state index contributed by atoms with van der Waals surface area (Å²) in [6.07, 6.45) is 1.46. The molecule has 7 nitrogen and oxygen atoms in total. The lowest BCUT2D eigenvalue weighted by atomic mass is 10.1. The van der Waals surface area contributed by atoms with Gasteiger partial charge in [-0.3, -0.25) is 4.79 Å². The van der Waals surface area contributed by atoms with Crippen LogP contribution in [0.25, 0.3) is 22.2 Å².